The number of rotatable bonds is 5. The Hall–Kier alpha value is -2.09. The first kappa shape index (κ1) is 14.3. The molecule has 110 valence electrons. The van der Waals surface area contributed by atoms with E-state index in [0.717, 1.165) is 0 Å². The number of aromatic nitrogens is 2. The first-order valence-corrected chi connectivity index (χ1v) is 6.43. The smallest absolute Gasteiger partial charge is 0.295 e. The molecule has 0 aliphatic carbocycles. The van der Waals surface area contributed by atoms with Gasteiger partial charge in [-0.1, -0.05) is 0 Å². The summed E-state index contributed by atoms with van der Waals surface area (Å²) in [5, 5.41) is 2.94. The third kappa shape index (κ3) is 3.47. The van der Waals surface area contributed by atoms with E-state index in [1.54, 1.807) is 4.90 Å². The quantitative estimate of drug-likeness (QED) is 0.751. The van der Waals surface area contributed by atoms with Crippen LogP contribution in [0.5, 0.6) is 5.75 Å². The van der Waals surface area contributed by atoms with E-state index < -0.39 is 0 Å². The predicted molar refractivity (Wildman–Crippen MR) is 71.9 cm³/mol. The average molecular weight is 282 g/mol. The normalized spacial score (nSPS) is 14.9. The van der Waals surface area contributed by atoms with Crippen molar-refractivity contribution in [1.29, 1.82) is 0 Å². The van der Waals surface area contributed by atoms with Gasteiger partial charge in [-0.05, 0) is 0 Å². The van der Waals surface area contributed by atoms with Gasteiger partial charge in [0.05, 0.1) is 26.7 Å². The number of H-pyrrole nitrogens is 1. The number of nitrogens with zero attached hydrogens (tertiary/aromatic N) is 2. The summed E-state index contributed by atoms with van der Waals surface area (Å²) in [4.78, 5) is 31.6. The zero-order valence-corrected chi connectivity index (χ0v) is 11.3. The van der Waals surface area contributed by atoms with Gasteiger partial charge in [-0.2, -0.15) is 0 Å². The molecular formula is C12H18N4O4. The van der Waals surface area contributed by atoms with Crippen LogP contribution >= 0.6 is 0 Å². The third-order valence-electron chi connectivity index (χ3n) is 3.01. The molecule has 20 heavy (non-hydrogen) atoms. The average Bonchev–Trinajstić information content (AvgIpc) is 2.48. The van der Waals surface area contributed by atoms with Gasteiger partial charge in [0.1, 0.15) is 0 Å². The van der Waals surface area contributed by atoms with Gasteiger partial charge in [-0.25, -0.2) is 4.98 Å². The topological polar surface area (TPSA) is 96.5 Å². The Kier molecular flexibility index (Phi) is 4.94. The molecule has 0 bridgehead atoms. The van der Waals surface area contributed by atoms with Crippen molar-refractivity contribution in [3.05, 3.63) is 16.7 Å². The molecule has 2 heterocycles. The molecule has 0 saturated carbocycles. The van der Waals surface area contributed by atoms with Gasteiger partial charge >= 0.3 is 0 Å². The molecule has 1 amide bonds. The van der Waals surface area contributed by atoms with Gasteiger partial charge in [0.25, 0.3) is 5.56 Å². The molecule has 1 aliphatic rings. The van der Waals surface area contributed by atoms with Crippen LogP contribution < -0.4 is 15.6 Å². The van der Waals surface area contributed by atoms with Crippen LogP contribution in [0.3, 0.4) is 0 Å². The van der Waals surface area contributed by atoms with Crippen LogP contribution in [0.1, 0.15) is 6.42 Å². The SMILES string of the molecule is COc1c(NCCC(=O)N2CCOCC2)nc[nH]c1=O. The van der Waals surface area contributed by atoms with Crippen molar-refractivity contribution >= 4 is 11.7 Å². The fourth-order valence-corrected chi connectivity index (χ4v) is 1.96. The van der Waals surface area contributed by atoms with Crippen molar-refractivity contribution < 1.29 is 14.3 Å². The van der Waals surface area contributed by atoms with E-state index in [2.05, 4.69) is 15.3 Å². The number of ether oxygens (including phenoxy) is 2. The molecular weight excluding hydrogens is 264 g/mol. The van der Waals surface area contributed by atoms with Crippen LogP contribution in [-0.4, -0.2) is 60.7 Å². The minimum Gasteiger partial charge on any atom is -0.489 e. The van der Waals surface area contributed by atoms with E-state index in [0.29, 0.717) is 45.1 Å². The highest BCUT2D eigenvalue weighted by atomic mass is 16.5. The number of amides is 1. The number of morpholine rings is 1. The maximum atomic E-state index is 11.9. The van der Waals surface area contributed by atoms with Crippen molar-refractivity contribution in [2.24, 2.45) is 0 Å². The van der Waals surface area contributed by atoms with Gasteiger partial charge in [-0.15, -0.1) is 0 Å². The van der Waals surface area contributed by atoms with Gasteiger partial charge < -0.3 is 24.7 Å². The van der Waals surface area contributed by atoms with Crippen LogP contribution in [0.25, 0.3) is 0 Å². The second-order valence-electron chi connectivity index (χ2n) is 4.28. The van der Waals surface area contributed by atoms with Crippen LogP contribution in [0.2, 0.25) is 0 Å². The molecule has 8 heteroatoms. The number of carbonyl (C=O) groups is 1. The van der Waals surface area contributed by atoms with Crippen molar-refractivity contribution in [2.45, 2.75) is 6.42 Å². The molecule has 0 radical (unpaired) electrons. The Morgan fingerprint density at radius 3 is 3.00 bits per heavy atom. The van der Waals surface area contributed by atoms with Crippen molar-refractivity contribution in [3.63, 3.8) is 0 Å². The zero-order valence-electron chi connectivity index (χ0n) is 11.3. The molecule has 0 spiro atoms. The predicted octanol–water partition coefficient (Wildman–Crippen LogP) is -0.561. The van der Waals surface area contributed by atoms with E-state index in [1.807, 2.05) is 0 Å². The van der Waals surface area contributed by atoms with E-state index >= 15 is 0 Å². The molecule has 1 aromatic rings. The minimum atomic E-state index is -0.357. The number of hydrogen-bond acceptors (Lipinski definition) is 6. The van der Waals surface area contributed by atoms with Gasteiger partial charge in [0, 0.05) is 26.1 Å². The number of methoxy groups -OCH3 is 1. The van der Waals surface area contributed by atoms with Gasteiger partial charge in [0.2, 0.25) is 11.7 Å². The molecule has 0 unspecified atom stereocenters. The minimum absolute atomic E-state index is 0.0598. The Bertz CT molecular complexity index is 510. The van der Waals surface area contributed by atoms with Crippen molar-refractivity contribution in [3.8, 4) is 5.75 Å². The highest BCUT2D eigenvalue weighted by molar-refractivity contribution is 5.76. The van der Waals surface area contributed by atoms with E-state index in [-0.39, 0.29) is 17.2 Å². The zero-order chi connectivity index (χ0) is 14.4. The standard InChI is InChI=1S/C12H18N4O4/c1-19-10-11(14-8-15-12(10)18)13-3-2-9(17)16-4-6-20-7-5-16/h8H,2-7H2,1H3,(H2,13,14,15,18). The number of anilines is 1. The van der Waals surface area contributed by atoms with Crippen molar-refractivity contribution in [1.82, 2.24) is 14.9 Å². The Labute approximate surface area is 116 Å². The second-order valence-corrected chi connectivity index (χ2v) is 4.28. The summed E-state index contributed by atoms with van der Waals surface area (Å²) in [6.45, 7) is 2.82. The Morgan fingerprint density at radius 1 is 1.55 bits per heavy atom. The summed E-state index contributed by atoms with van der Waals surface area (Å²) in [6.07, 6.45) is 1.62. The number of aromatic amines is 1. The van der Waals surface area contributed by atoms with Gasteiger partial charge in [0.15, 0.2) is 5.82 Å². The highest BCUT2D eigenvalue weighted by Crippen LogP contribution is 2.14. The molecule has 0 aromatic carbocycles. The summed E-state index contributed by atoms with van der Waals surface area (Å²) < 4.78 is 10.2. The summed E-state index contributed by atoms with van der Waals surface area (Å²) in [5.41, 5.74) is -0.357. The van der Waals surface area contributed by atoms with E-state index in [4.69, 9.17) is 9.47 Å². The molecule has 8 nitrogen and oxygen atoms in total. The van der Waals surface area contributed by atoms with Crippen molar-refractivity contribution in [2.75, 3.05) is 45.3 Å². The summed E-state index contributed by atoms with van der Waals surface area (Å²) >= 11 is 0. The first-order valence-electron chi connectivity index (χ1n) is 6.43. The van der Waals surface area contributed by atoms with Crippen LogP contribution in [0.4, 0.5) is 5.82 Å². The molecule has 0 atom stereocenters. The molecule has 2 N–H and O–H groups in total. The molecule has 1 aliphatic heterocycles. The highest BCUT2D eigenvalue weighted by Gasteiger charge is 2.16. The third-order valence-corrected chi connectivity index (χ3v) is 3.01. The molecule has 1 saturated heterocycles. The fourth-order valence-electron chi connectivity index (χ4n) is 1.96. The largest absolute Gasteiger partial charge is 0.489 e. The lowest BCUT2D eigenvalue weighted by molar-refractivity contribution is -0.134. The van der Waals surface area contributed by atoms with E-state index in [1.165, 1.54) is 13.4 Å². The maximum absolute atomic E-state index is 11.9. The van der Waals surface area contributed by atoms with Crippen LogP contribution in [0.15, 0.2) is 11.1 Å². The van der Waals surface area contributed by atoms with E-state index in [9.17, 15) is 9.59 Å². The lowest BCUT2D eigenvalue weighted by atomic mass is 10.3. The number of nitrogens with one attached hydrogen (secondary N) is 2. The number of hydrogen-bond donors (Lipinski definition) is 2. The molecule has 2 rings (SSSR count). The molecule has 1 fully saturated rings. The maximum Gasteiger partial charge on any atom is 0.295 e. The lowest BCUT2D eigenvalue weighted by Gasteiger charge is -2.26. The Morgan fingerprint density at radius 2 is 2.30 bits per heavy atom. The second kappa shape index (κ2) is 6.90. The summed E-state index contributed by atoms with van der Waals surface area (Å²) in [5.74, 6) is 0.516. The number of carbonyl (C=O) groups excluding carboxylic acids is 1. The van der Waals surface area contributed by atoms with Crippen LogP contribution in [0, 0.1) is 0 Å². The summed E-state index contributed by atoms with van der Waals surface area (Å²) in [6, 6.07) is 0. The summed E-state index contributed by atoms with van der Waals surface area (Å²) in [7, 11) is 1.40. The van der Waals surface area contributed by atoms with Gasteiger partial charge in [-0.3, -0.25) is 9.59 Å². The first-order chi connectivity index (χ1) is 9.72. The Balaban J connectivity index is 1.85. The fraction of sp³-hybridized carbons (Fsp3) is 0.583. The van der Waals surface area contributed by atoms with Crippen LogP contribution in [-0.2, 0) is 9.53 Å². The lowest BCUT2D eigenvalue weighted by Crippen LogP contribution is -2.41. The monoisotopic (exact) mass is 282 g/mol. The molecule has 1 aromatic heterocycles.